The van der Waals surface area contributed by atoms with Crippen molar-refractivity contribution in [3.63, 3.8) is 0 Å². The number of amides is 1. The van der Waals surface area contributed by atoms with Gasteiger partial charge in [0, 0.05) is 12.3 Å². The third-order valence-electron chi connectivity index (χ3n) is 6.52. The average molecular weight is 494 g/mol. The van der Waals surface area contributed by atoms with Crippen molar-refractivity contribution in [3.05, 3.63) is 125 Å². The van der Waals surface area contributed by atoms with Gasteiger partial charge in [-0.25, -0.2) is 9.59 Å². The smallest absolute Gasteiger partial charge is 0.407 e. The Bertz CT molecular complexity index is 1340. The largest absolute Gasteiger partial charge is 0.508 e. The quantitative estimate of drug-likeness (QED) is 0.313. The molecule has 0 bridgehead atoms. The first-order valence-corrected chi connectivity index (χ1v) is 12.2. The molecule has 6 heteroatoms. The summed E-state index contributed by atoms with van der Waals surface area (Å²) < 4.78 is 11.1. The van der Waals surface area contributed by atoms with E-state index in [1.54, 1.807) is 12.1 Å². The second-order valence-electron chi connectivity index (χ2n) is 8.99. The maximum Gasteiger partial charge on any atom is 0.407 e. The van der Waals surface area contributed by atoms with Gasteiger partial charge in [-0.05, 0) is 45.5 Å². The Balaban J connectivity index is 1.27. The minimum atomic E-state index is -0.955. The van der Waals surface area contributed by atoms with E-state index in [9.17, 15) is 14.7 Å². The molecule has 4 aromatic carbocycles. The maximum absolute atomic E-state index is 13.0. The lowest BCUT2D eigenvalue weighted by Gasteiger charge is -2.19. The summed E-state index contributed by atoms with van der Waals surface area (Å²) in [7, 11) is 0. The SMILES string of the molecule is O=C(NC(Cc1ccc(O)cc1)C(=O)OCc1ccccc1)OCC1c2ccccc2-c2ccccc21. The van der Waals surface area contributed by atoms with Gasteiger partial charge in [-0.3, -0.25) is 0 Å². The fourth-order valence-corrected chi connectivity index (χ4v) is 4.67. The summed E-state index contributed by atoms with van der Waals surface area (Å²) in [6.07, 6.45) is -0.500. The van der Waals surface area contributed by atoms with E-state index in [1.807, 2.05) is 54.6 Å². The molecule has 0 aliphatic heterocycles. The van der Waals surface area contributed by atoms with E-state index in [1.165, 1.54) is 12.1 Å². The summed E-state index contributed by atoms with van der Waals surface area (Å²) in [5.41, 5.74) is 6.11. The zero-order valence-electron chi connectivity index (χ0n) is 20.2. The number of nitrogens with one attached hydrogen (secondary N) is 1. The van der Waals surface area contributed by atoms with Crippen molar-refractivity contribution in [2.75, 3.05) is 6.61 Å². The normalized spacial score (nSPS) is 12.8. The van der Waals surface area contributed by atoms with Gasteiger partial charge in [0.25, 0.3) is 0 Å². The Morgan fingerprint density at radius 3 is 1.97 bits per heavy atom. The molecule has 6 nitrogen and oxygen atoms in total. The van der Waals surface area contributed by atoms with Crippen LogP contribution >= 0.6 is 0 Å². The van der Waals surface area contributed by atoms with Crippen molar-refractivity contribution in [1.82, 2.24) is 5.32 Å². The third-order valence-corrected chi connectivity index (χ3v) is 6.52. The van der Waals surface area contributed by atoms with Gasteiger partial charge in [-0.15, -0.1) is 0 Å². The molecule has 0 heterocycles. The topological polar surface area (TPSA) is 84.9 Å². The highest BCUT2D eigenvalue weighted by Crippen LogP contribution is 2.44. The van der Waals surface area contributed by atoms with Crippen LogP contribution in [0, 0.1) is 0 Å². The number of hydrogen-bond acceptors (Lipinski definition) is 5. The molecule has 1 aliphatic rings. The predicted molar refractivity (Wildman–Crippen MR) is 140 cm³/mol. The molecule has 0 saturated heterocycles. The van der Waals surface area contributed by atoms with Crippen LogP contribution < -0.4 is 5.32 Å². The van der Waals surface area contributed by atoms with E-state index < -0.39 is 18.1 Å². The fourth-order valence-electron chi connectivity index (χ4n) is 4.67. The zero-order valence-corrected chi connectivity index (χ0v) is 20.2. The highest BCUT2D eigenvalue weighted by atomic mass is 16.6. The van der Waals surface area contributed by atoms with E-state index in [4.69, 9.17) is 9.47 Å². The molecule has 0 aromatic heterocycles. The second-order valence-corrected chi connectivity index (χ2v) is 8.99. The van der Waals surface area contributed by atoms with Crippen LogP contribution in [0.4, 0.5) is 4.79 Å². The molecular weight excluding hydrogens is 466 g/mol. The van der Waals surface area contributed by atoms with E-state index in [0.29, 0.717) is 0 Å². The standard InChI is InChI=1S/C31H27NO5/c33-23-16-14-21(15-17-23)18-29(30(34)36-19-22-8-2-1-3-9-22)32-31(35)37-20-28-26-12-6-4-10-24(26)25-11-5-7-13-27(25)28/h1-17,28-29,33H,18-20H2,(H,32,35). The monoisotopic (exact) mass is 493 g/mol. The molecule has 5 rings (SSSR count). The van der Waals surface area contributed by atoms with Crippen molar-refractivity contribution in [3.8, 4) is 16.9 Å². The van der Waals surface area contributed by atoms with Gasteiger partial charge < -0.3 is 19.9 Å². The first-order valence-electron chi connectivity index (χ1n) is 12.2. The molecular formula is C31H27NO5. The molecule has 4 aromatic rings. The van der Waals surface area contributed by atoms with Crippen LogP contribution in [-0.2, 0) is 27.3 Å². The van der Waals surface area contributed by atoms with Crippen LogP contribution in [0.2, 0.25) is 0 Å². The fraction of sp³-hybridized carbons (Fsp3) is 0.161. The van der Waals surface area contributed by atoms with Crippen LogP contribution in [0.25, 0.3) is 11.1 Å². The van der Waals surface area contributed by atoms with Gasteiger partial charge in [0.2, 0.25) is 0 Å². The molecule has 2 N–H and O–H groups in total. The summed E-state index contributed by atoms with van der Waals surface area (Å²) >= 11 is 0. The number of fused-ring (bicyclic) bond motifs is 3. The van der Waals surface area contributed by atoms with Crippen LogP contribution in [-0.4, -0.2) is 29.8 Å². The zero-order chi connectivity index (χ0) is 25.6. The second kappa shape index (κ2) is 11.0. The van der Waals surface area contributed by atoms with Crippen molar-refractivity contribution in [2.45, 2.75) is 25.0 Å². The van der Waals surface area contributed by atoms with E-state index >= 15 is 0 Å². The number of benzene rings is 4. The van der Waals surface area contributed by atoms with Crippen molar-refractivity contribution >= 4 is 12.1 Å². The van der Waals surface area contributed by atoms with Gasteiger partial charge >= 0.3 is 12.1 Å². The van der Waals surface area contributed by atoms with Crippen molar-refractivity contribution < 1.29 is 24.2 Å². The minimum Gasteiger partial charge on any atom is -0.508 e. The molecule has 1 aliphatic carbocycles. The number of ether oxygens (including phenoxy) is 2. The lowest BCUT2D eigenvalue weighted by molar-refractivity contribution is -0.147. The van der Waals surface area contributed by atoms with Gasteiger partial charge in [0.15, 0.2) is 0 Å². The highest BCUT2D eigenvalue weighted by Gasteiger charge is 2.30. The Labute approximate surface area is 215 Å². The lowest BCUT2D eigenvalue weighted by atomic mass is 9.98. The summed E-state index contributed by atoms with van der Waals surface area (Å²) in [5.74, 6) is -0.527. The molecule has 186 valence electrons. The Kier molecular flexibility index (Phi) is 7.17. The number of rotatable bonds is 8. The summed E-state index contributed by atoms with van der Waals surface area (Å²) in [4.78, 5) is 25.8. The molecule has 0 radical (unpaired) electrons. The molecule has 1 unspecified atom stereocenters. The number of phenolic OH excluding ortho intramolecular Hbond substituents is 1. The van der Waals surface area contributed by atoms with Gasteiger partial charge in [0.1, 0.15) is 25.0 Å². The average Bonchev–Trinajstić information content (AvgIpc) is 3.25. The Morgan fingerprint density at radius 2 is 1.32 bits per heavy atom. The Morgan fingerprint density at radius 1 is 0.730 bits per heavy atom. The number of carbonyl (C=O) groups is 2. The highest BCUT2D eigenvalue weighted by molar-refractivity contribution is 5.82. The van der Waals surface area contributed by atoms with Gasteiger partial charge in [-0.1, -0.05) is 91.0 Å². The number of hydrogen-bond donors (Lipinski definition) is 2. The van der Waals surface area contributed by atoms with Crippen LogP contribution in [0.15, 0.2) is 103 Å². The number of alkyl carbamates (subject to hydrolysis) is 1. The summed E-state index contributed by atoms with van der Waals surface area (Å²) in [5, 5.41) is 12.3. The number of phenols is 1. The van der Waals surface area contributed by atoms with Gasteiger partial charge in [0.05, 0.1) is 0 Å². The summed E-state index contributed by atoms with van der Waals surface area (Å²) in [6.45, 7) is 0.239. The predicted octanol–water partition coefficient (Wildman–Crippen LogP) is 5.59. The van der Waals surface area contributed by atoms with E-state index in [0.717, 1.165) is 33.4 Å². The number of carbonyl (C=O) groups excluding carboxylic acids is 2. The van der Waals surface area contributed by atoms with Crippen molar-refractivity contribution in [1.29, 1.82) is 0 Å². The van der Waals surface area contributed by atoms with E-state index in [-0.39, 0.29) is 31.3 Å². The molecule has 1 atom stereocenters. The molecule has 0 fully saturated rings. The van der Waals surface area contributed by atoms with Gasteiger partial charge in [-0.2, -0.15) is 0 Å². The van der Waals surface area contributed by atoms with E-state index in [2.05, 4.69) is 29.6 Å². The first kappa shape index (κ1) is 24.1. The molecule has 37 heavy (non-hydrogen) atoms. The number of esters is 1. The Hall–Kier alpha value is -4.58. The molecule has 0 saturated carbocycles. The maximum atomic E-state index is 13.0. The summed E-state index contributed by atoms with van der Waals surface area (Å²) in [6, 6.07) is 31.1. The third kappa shape index (κ3) is 5.64. The molecule has 0 spiro atoms. The van der Waals surface area contributed by atoms with Crippen molar-refractivity contribution in [2.24, 2.45) is 0 Å². The van der Waals surface area contributed by atoms with Crippen LogP contribution in [0.5, 0.6) is 5.75 Å². The number of aromatic hydroxyl groups is 1. The molecule has 1 amide bonds. The minimum absolute atomic E-state index is 0.0845. The lowest BCUT2D eigenvalue weighted by Crippen LogP contribution is -2.43. The van der Waals surface area contributed by atoms with Crippen LogP contribution in [0.1, 0.15) is 28.2 Å². The first-order chi connectivity index (χ1) is 18.1. The van der Waals surface area contributed by atoms with Crippen LogP contribution in [0.3, 0.4) is 0 Å².